The Morgan fingerprint density at radius 1 is 0.135 bits per heavy atom. The van der Waals surface area contributed by atoms with Crippen LogP contribution >= 0.6 is 0 Å². The fourth-order valence-corrected chi connectivity index (χ4v) is 13.7. The van der Waals surface area contributed by atoms with E-state index in [-0.39, 0.29) is 0 Å². The molecular weight excluding hydrogens is 1270 g/mol. The maximum Gasteiger partial charge on any atom is 0.164 e. The van der Waals surface area contributed by atoms with E-state index in [1.807, 2.05) is 164 Å². The summed E-state index contributed by atoms with van der Waals surface area (Å²) >= 11 is 0. The highest BCUT2D eigenvalue weighted by molar-refractivity contribution is 6.10. The van der Waals surface area contributed by atoms with Crippen molar-refractivity contribution in [3.63, 3.8) is 0 Å². The lowest BCUT2D eigenvalue weighted by Crippen LogP contribution is -2.00. The van der Waals surface area contributed by atoms with Gasteiger partial charge >= 0.3 is 0 Å². The maximum absolute atomic E-state index is 5.42. The van der Waals surface area contributed by atoms with Crippen LogP contribution < -0.4 is 0 Å². The van der Waals surface area contributed by atoms with Gasteiger partial charge in [-0.05, 0) is 73.6 Å². The molecule has 0 fully saturated rings. The first kappa shape index (κ1) is 62.1. The third-order valence-corrected chi connectivity index (χ3v) is 18.9. The second-order valence-corrected chi connectivity index (χ2v) is 25.4. The lowest BCUT2D eigenvalue weighted by molar-refractivity contribution is 1.07. The Bertz CT molecular complexity index is 6000. The Hall–Kier alpha value is -14.2. The summed E-state index contributed by atoms with van der Waals surface area (Å²) in [5.41, 5.74) is 20.4. The van der Waals surface area contributed by atoms with Crippen molar-refractivity contribution >= 4 is 21.5 Å². The minimum Gasteiger partial charge on any atom is -0.228 e. The minimum absolute atomic E-state index is 0.543. The first-order valence-electron chi connectivity index (χ1n) is 34.6. The van der Waals surface area contributed by atoms with E-state index in [4.69, 9.17) is 49.8 Å². The zero-order valence-corrected chi connectivity index (χ0v) is 56.1. The zero-order chi connectivity index (χ0) is 69.1. The van der Waals surface area contributed by atoms with Crippen molar-refractivity contribution in [2.75, 3.05) is 0 Å². The molecule has 486 valence electrons. The smallest absolute Gasteiger partial charge is 0.164 e. The van der Waals surface area contributed by atoms with E-state index in [0.717, 1.165) is 144 Å². The van der Waals surface area contributed by atoms with E-state index >= 15 is 0 Å². The molecule has 0 saturated carbocycles. The molecule has 0 aliphatic heterocycles. The van der Waals surface area contributed by atoms with Gasteiger partial charge < -0.3 is 0 Å². The van der Waals surface area contributed by atoms with Crippen LogP contribution in [-0.4, -0.2) is 49.8 Å². The second-order valence-electron chi connectivity index (χ2n) is 25.4. The monoisotopic (exact) mass is 1330 g/mol. The summed E-state index contributed by atoms with van der Waals surface area (Å²) in [6, 6.07) is 125. The molecule has 0 radical (unpaired) electrons. The molecule has 0 saturated heterocycles. The molecule has 10 nitrogen and oxygen atoms in total. The average molecular weight is 1330 g/mol. The van der Waals surface area contributed by atoms with E-state index in [1.165, 1.54) is 0 Å². The number of benzene rings is 14. The van der Waals surface area contributed by atoms with E-state index in [1.54, 1.807) is 0 Å². The maximum atomic E-state index is 5.42. The quantitative estimate of drug-likeness (QED) is 0.0978. The van der Waals surface area contributed by atoms with Crippen molar-refractivity contribution in [3.8, 4) is 170 Å². The van der Waals surface area contributed by atoms with Crippen molar-refractivity contribution in [2.24, 2.45) is 0 Å². The highest BCUT2D eigenvalue weighted by atomic mass is 15.0. The van der Waals surface area contributed by atoms with Gasteiger partial charge in [0.15, 0.2) is 46.6 Å². The van der Waals surface area contributed by atoms with Crippen molar-refractivity contribution in [1.29, 1.82) is 0 Å². The van der Waals surface area contributed by atoms with Gasteiger partial charge in [-0.25, -0.2) is 49.8 Å². The molecule has 10 heteroatoms. The first-order valence-corrected chi connectivity index (χ1v) is 34.6. The van der Waals surface area contributed by atoms with Gasteiger partial charge in [-0.2, -0.15) is 0 Å². The molecule has 18 aromatic rings. The molecule has 0 spiro atoms. The molecule has 0 unspecified atom stereocenters. The van der Waals surface area contributed by atoms with Crippen molar-refractivity contribution in [2.45, 2.75) is 0 Å². The van der Waals surface area contributed by atoms with Crippen LogP contribution in [-0.2, 0) is 0 Å². The Morgan fingerprint density at radius 2 is 0.442 bits per heavy atom. The van der Waals surface area contributed by atoms with Crippen molar-refractivity contribution in [3.05, 3.63) is 364 Å². The third kappa shape index (κ3) is 12.4. The summed E-state index contributed by atoms with van der Waals surface area (Å²) < 4.78 is 0. The van der Waals surface area contributed by atoms with Crippen LogP contribution in [0.2, 0.25) is 0 Å². The Morgan fingerprint density at radius 3 is 0.904 bits per heavy atom. The topological polar surface area (TPSA) is 129 Å². The van der Waals surface area contributed by atoms with Crippen LogP contribution in [0.1, 0.15) is 0 Å². The summed E-state index contributed by atoms with van der Waals surface area (Å²) in [4.78, 5) is 52.3. The Balaban J connectivity index is 0.756. The summed E-state index contributed by atoms with van der Waals surface area (Å²) in [6.45, 7) is 0. The molecule has 4 heterocycles. The highest BCUT2D eigenvalue weighted by Crippen LogP contribution is 2.45. The number of nitrogens with zero attached hydrogens (tertiary/aromatic N) is 10. The molecule has 0 bridgehead atoms. The summed E-state index contributed by atoms with van der Waals surface area (Å²) in [5, 5.41) is 4.29. The standard InChI is InChI=1S/C94H60N10/c1-8-27-62(28-9-1)81-59-82(63-29-10-2-11-30-63)97-94(96-81)80-55-54-61-26-22-23-43-76(61)85(80)65-46-50-72(51-47-65)92-102-90(70-39-20-7-21-40-70)103-93(104-92)74-42-24-41-73(58-74)75-44-25-45-78-77(75)56-57-79(84-60-83(64-31-12-3-13-32-64)95-87(98-84)67-33-14-4-15-34-67)86(78)66-48-52-71(53-49-66)91-100-88(68-35-16-5-17-36-68)99-89(101-91)69-37-18-6-19-38-69/h1-60H. The molecule has 18 rings (SSSR count). The number of fused-ring (bicyclic) bond motifs is 2. The van der Waals surface area contributed by atoms with Crippen LogP contribution in [0.15, 0.2) is 364 Å². The van der Waals surface area contributed by atoms with E-state index in [2.05, 4.69) is 200 Å². The molecular formula is C94H60N10. The largest absolute Gasteiger partial charge is 0.228 e. The van der Waals surface area contributed by atoms with E-state index in [9.17, 15) is 0 Å². The summed E-state index contributed by atoms with van der Waals surface area (Å²) in [6.07, 6.45) is 0. The van der Waals surface area contributed by atoms with Gasteiger partial charge in [-0.15, -0.1) is 0 Å². The van der Waals surface area contributed by atoms with Gasteiger partial charge in [0.25, 0.3) is 0 Å². The van der Waals surface area contributed by atoms with E-state index in [0.29, 0.717) is 46.6 Å². The first-order chi connectivity index (χ1) is 51.5. The lowest BCUT2D eigenvalue weighted by atomic mass is 9.88. The van der Waals surface area contributed by atoms with Crippen molar-refractivity contribution in [1.82, 2.24) is 49.8 Å². The predicted molar refractivity (Wildman–Crippen MR) is 421 cm³/mol. The molecule has 0 aliphatic carbocycles. The average Bonchev–Trinajstić information content (AvgIpc) is 0.755. The predicted octanol–water partition coefficient (Wildman–Crippen LogP) is 22.9. The highest BCUT2D eigenvalue weighted by Gasteiger charge is 2.23. The fourth-order valence-electron chi connectivity index (χ4n) is 13.7. The van der Waals surface area contributed by atoms with Crippen LogP contribution in [0.25, 0.3) is 191 Å². The van der Waals surface area contributed by atoms with Crippen molar-refractivity contribution < 1.29 is 0 Å². The Kier molecular flexibility index (Phi) is 16.4. The van der Waals surface area contributed by atoms with Crippen LogP contribution in [0.4, 0.5) is 0 Å². The summed E-state index contributed by atoms with van der Waals surface area (Å²) in [5.74, 6) is 4.68. The third-order valence-electron chi connectivity index (χ3n) is 18.9. The fraction of sp³-hybridized carbons (Fsp3) is 0. The zero-order valence-electron chi connectivity index (χ0n) is 56.1. The molecule has 104 heavy (non-hydrogen) atoms. The van der Waals surface area contributed by atoms with Gasteiger partial charge in [0.2, 0.25) is 0 Å². The van der Waals surface area contributed by atoms with Crippen LogP contribution in [0, 0.1) is 0 Å². The van der Waals surface area contributed by atoms with Gasteiger partial charge in [0, 0.05) is 72.3 Å². The number of aromatic nitrogens is 10. The number of hydrogen-bond acceptors (Lipinski definition) is 10. The lowest BCUT2D eigenvalue weighted by Gasteiger charge is -2.18. The van der Waals surface area contributed by atoms with Crippen LogP contribution in [0.3, 0.4) is 0 Å². The minimum atomic E-state index is 0.543. The van der Waals surface area contributed by atoms with Gasteiger partial charge in [-0.1, -0.05) is 340 Å². The van der Waals surface area contributed by atoms with E-state index < -0.39 is 0 Å². The van der Waals surface area contributed by atoms with Crippen LogP contribution in [0.5, 0.6) is 0 Å². The normalized spacial score (nSPS) is 11.3. The molecule has 0 N–H and O–H groups in total. The van der Waals surface area contributed by atoms with Gasteiger partial charge in [0.1, 0.15) is 0 Å². The molecule has 14 aromatic carbocycles. The molecule has 0 aliphatic rings. The molecule has 0 amide bonds. The van der Waals surface area contributed by atoms with Gasteiger partial charge in [0.05, 0.1) is 22.8 Å². The summed E-state index contributed by atoms with van der Waals surface area (Å²) in [7, 11) is 0. The number of rotatable bonds is 15. The Labute approximate surface area is 601 Å². The van der Waals surface area contributed by atoms with Gasteiger partial charge in [-0.3, -0.25) is 0 Å². The SMILES string of the molecule is c1ccc(-c2cc(-c3ccc4c(-c5cccc(-c6nc(-c7ccccc7)nc(-c7ccc(-c8c(-c9nc(-c%10ccccc%10)cc(-c%10ccccc%10)n9)ccc9ccccc89)cc7)n6)c5)cccc4c3-c3ccc(-c4nc(-c5ccccc5)nc(-c5ccccc5)n4)cc3)nc(-c3ccccc3)n2)cc1. The molecule has 0 atom stereocenters. The number of hydrogen-bond donors (Lipinski definition) is 0. The molecule has 4 aromatic heterocycles. The second kappa shape index (κ2) is 27.5.